The minimum atomic E-state index is 0.0624. The molecule has 0 aliphatic carbocycles. The van der Waals surface area contributed by atoms with Crippen molar-refractivity contribution in [2.24, 2.45) is 0 Å². The summed E-state index contributed by atoms with van der Waals surface area (Å²) in [6.07, 6.45) is 0. The Kier molecular flexibility index (Phi) is 3.71. The molecule has 3 nitrogen and oxygen atoms in total. The van der Waals surface area contributed by atoms with Gasteiger partial charge in [-0.2, -0.15) is 0 Å². The molecule has 2 aromatic heterocycles. The molecule has 104 valence electrons. The van der Waals surface area contributed by atoms with Crippen LogP contribution in [0.1, 0.15) is 29.5 Å². The van der Waals surface area contributed by atoms with Gasteiger partial charge in [-0.15, -0.1) is 22.9 Å². The number of rotatable bonds is 3. The van der Waals surface area contributed by atoms with E-state index in [2.05, 4.69) is 21.5 Å². The zero-order valence-corrected chi connectivity index (χ0v) is 13.4. The number of thiazole rings is 1. The molecule has 0 N–H and O–H groups in total. The fourth-order valence-electron chi connectivity index (χ4n) is 2.34. The lowest BCUT2D eigenvalue weighted by atomic mass is 10.2. The molecule has 0 fully saturated rings. The second-order valence-electron chi connectivity index (χ2n) is 4.64. The summed E-state index contributed by atoms with van der Waals surface area (Å²) in [7, 11) is 0. The third kappa shape index (κ3) is 2.22. The SMILES string of the molecule is Cc1csc(C(C)n2c(CCl)nc3cccc(Cl)c32)n1. The molecule has 0 radical (unpaired) electrons. The Morgan fingerprint density at radius 1 is 1.35 bits per heavy atom. The second-order valence-corrected chi connectivity index (χ2v) is 6.21. The van der Waals surface area contributed by atoms with Gasteiger partial charge in [-0.3, -0.25) is 0 Å². The molecule has 0 spiro atoms. The van der Waals surface area contributed by atoms with Crippen molar-refractivity contribution in [3.05, 3.63) is 45.1 Å². The quantitative estimate of drug-likeness (QED) is 0.647. The number of alkyl halides is 1. The smallest absolute Gasteiger partial charge is 0.125 e. The van der Waals surface area contributed by atoms with Crippen LogP contribution in [0.2, 0.25) is 5.02 Å². The van der Waals surface area contributed by atoms with Crippen molar-refractivity contribution in [1.82, 2.24) is 14.5 Å². The molecule has 0 amide bonds. The summed E-state index contributed by atoms with van der Waals surface area (Å²) in [5.41, 5.74) is 2.82. The van der Waals surface area contributed by atoms with Crippen molar-refractivity contribution in [3.63, 3.8) is 0 Å². The van der Waals surface area contributed by atoms with E-state index in [9.17, 15) is 0 Å². The highest BCUT2D eigenvalue weighted by atomic mass is 35.5. The van der Waals surface area contributed by atoms with E-state index >= 15 is 0 Å². The molecule has 6 heteroatoms. The molecular weight excluding hydrogens is 313 g/mol. The zero-order valence-electron chi connectivity index (χ0n) is 11.1. The first-order valence-corrected chi connectivity index (χ1v) is 8.04. The normalized spacial score (nSPS) is 13.0. The van der Waals surface area contributed by atoms with Gasteiger partial charge in [0.05, 0.1) is 28.0 Å². The Morgan fingerprint density at radius 3 is 2.80 bits per heavy atom. The summed E-state index contributed by atoms with van der Waals surface area (Å²) in [4.78, 5) is 9.13. The maximum Gasteiger partial charge on any atom is 0.125 e. The van der Waals surface area contributed by atoms with Crippen LogP contribution in [-0.2, 0) is 5.88 Å². The van der Waals surface area contributed by atoms with E-state index < -0.39 is 0 Å². The van der Waals surface area contributed by atoms with Crippen LogP contribution < -0.4 is 0 Å². The summed E-state index contributed by atoms with van der Waals surface area (Å²) >= 11 is 14.0. The molecule has 1 unspecified atom stereocenters. The Hall–Kier alpha value is -1.10. The van der Waals surface area contributed by atoms with Gasteiger partial charge >= 0.3 is 0 Å². The van der Waals surface area contributed by atoms with Crippen molar-refractivity contribution >= 4 is 45.6 Å². The molecule has 2 heterocycles. The number of aryl methyl sites for hydroxylation is 1. The minimum Gasteiger partial charge on any atom is -0.316 e. The highest BCUT2D eigenvalue weighted by Crippen LogP contribution is 2.32. The highest BCUT2D eigenvalue weighted by Gasteiger charge is 2.20. The van der Waals surface area contributed by atoms with Crippen LogP contribution in [0.15, 0.2) is 23.6 Å². The lowest BCUT2D eigenvalue weighted by Gasteiger charge is -2.15. The van der Waals surface area contributed by atoms with E-state index in [-0.39, 0.29) is 6.04 Å². The number of fused-ring (bicyclic) bond motifs is 1. The Balaban J connectivity index is 2.23. The van der Waals surface area contributed by atoms with Crippen LogP contribution in [0.3, 0.4) is 0 Å². The molecule has 3 rings (SSSR count). The lowest BCUT2D eigenvalue weighted by molar-refractivity contribution is 0.628. The number of hydrogen-bond acceptors (Lipinski definition) is 3. The lowest BCUT2D eigenvalue weighted by Crippen LogP contribution is -2.10. The van der Waals surface area contributed by atoms with Gasteiger partial charge in [-0.05, 0) is 26.0 Å². The van der Waals surface area contributed by atoms with Crippen molar-refractivity contribution in [2.75, 3.05) is 0 Å². The summed E-state index contributed by atoms with van der Waals surface area (Å²) < 4.78 is 2.09. The molecule has 3 aromatic rings. The molecular formula is C14H13Cl2N3S. The van der Waals surface area contributed by atoms with E-state index in [0.717, 1.165) is 27.6 Å². The largest absolute Gasteiger partial charge is 0.316 e. The summed E-state index contributed by atoms with van der Waals surface area (Å²) in [6, 6.07) is 5.79. The number of aromatic nitrogens is 3. The van der Waals surface area contributed by atoms with Crippen LogP contribution in [0.5, 0.6) is 0 Å². The summed E-state index contributed by atoms with van der Waals surface area (Å²) in [5, 5.41) is 3.77. The summed E-state index contributed by atoms with van der Waals surface area (Å²) in [6.45, 7) is 4.09. The van der Waals surface area contributed by atoms with Gasteiger partial charge in [0.25, 0.3) is 0 Å². The topological polar surface area (TPSA) is 30.7 Å². The molecule has 0 aliphatic heterocycles. The predicted octanol–water partition coefficient (Wildman–Crippen LogP) is 4.80. The minimum absolute atomic E-state index is 0.0624. The first kappa shape index (κ1) is 13.9. The number of nitrogens with zero attached hydrogens (tertiary/aromatic N) is 3. The highest BCUT2D eigenvalue weighted by molar-refractivity contribution is 7.09. The Labute approximate surface area is 131 Å². The maximum absolute atomic E-state index is 6.35. The average molecular weight is 326 g/mol. The van der Waals surface area contributed by atoms with E-state index in [1.165, 1.54) is 0 Å². The maximum atomic E-state index is 6.35. The van der Waals surface area contributed by atoms with Gasteiger partial charge in [0.2, 0.25) is 0 Å². The predicted molar refractivity (Wildman–Crippen MR) is 85.0 cm³/mol. The third-order valence-corrected chi connectivity index (χ3v) is 4.91. The van der Waals surface area contributed by atoms with Gasteiger partial charge < -0.3 is 4.57 Å². The molecule has 1 atom stereocenters. The Bertz CT molecular complexity index is 763. The molecule has 20 heavy (non-hydrogen) atoms. The van der Waals surface area contributed by atoms with Crippen LogP contribution in [0.25, 0.3) is 11.0 Å². The average Bonchev–Trinajstić information content (AvgIpc) is 3.02. The number of imidazole rings is 1. The monoisotopic (exact) mass is 325 g/mol. The number of para-hydroxylation sites is 1. The Morgan fingerprint density at radius 2 is 2.15 bits per heavy atom. The molecule has 0 aliphatic rings. The van der Waals surface area contributed by atoms with Gasteiger partial charge in [0, 0.05) is 11.1 Å². The molecule has 0 bridgehead atoms. The first-order chi connectivity index (χ1) is 9.61. The van der Waals surface area contributed by atoms with Crippen LogP contribution in [0, 0.1) is 6.92 Å². The fraction of sp³-hybridized carbons (Fsp3) is 0.286. The van der Waals surface area contributed by atoms with Crippen LogP contribution in [-0.4, -0.2) is 14.5 Å². The van der Waals surface area contributed by atoms with Crippen LogP contribution >= 0.6 is 34.5 Å². The summed E-state index contributed by atoms with van der Waals surface area (Å²) in [5.74, 6) is 1.16. The standard InChI is InChI=1S/C14H13Cl2N3S/c1-8-7-20-14(17-8)9(2)19-12(6-15)18-11-5-3-4-10(16)13(11)19/h3-5,7,9H,6H2,1-2H3. The van der Waals surface area contributed by atoms with Crippen molar-refractivity contribution in [3.8, 4) is 0 Å². The fourth-order valence-corrected chi connectivity index (χ4v) is 3.63. The first-order valence-electron chi connectivity index (χ1n) is 6.25. The van der Waals surface area contributed by atoms with Gasteiger partial charge in [0.15, 0.2) is 0 Å². The molecule has 0 saturated carbocycles. The number of benzene rings is 1. The van der Waals surface area contributed by atoms with Gasteiger partial charge in [-0.1, -0.05) is 17.7 Å². The molecule has 1 aromatic carbocycles. The van der Waals surface area contributed by atoms with E-state index in [4.69, 9.17) is 23.2 Å². The number of hydrogen-bond donors (Lipinski definition) is 0. The number of halogens is 2. The van der Waals surface area contributed by atoms with Gasteiger partial charge in [0.1, 0.15) is 10.8 Å². The van der Waals surface area contributed by atoms with Crippen molar-refractivity contribution in [1.29, 1.82) is 0 Å². The van der Waals surface area contributed by atoms with Crippen molar-refractivity contribution in [2.45, 2.75) is 25.8 Å². The van der Waals surface area contributed by atoms with E-state index in [1.54, 1.807) is 11.3 Å². The van der Waals surface area contributed by atoms with Crippen molar-refractivity contribution < 1.29 is 0 Å². The van der Waals surface area contributed by atoms with E-state index in [0.29, 0.717) is 10.9 Å². The molecule has 0 saturated heterocycles. The van der Waals surface area contributed by atoms with E-state index in [1.807, 2.05) is 30.5 Å². The van der Waals surface area contributed by atoms with Crippen LogP contribution in [0.4, 0.5) is 0 Å². The third-order valence-electron chi connectivity index (χ3n) is 3.23. The second kappa shape index (κ2) is 5.35. The zero-order chi connectivity index (χ0) is 14.3. The van der Waals surface area contributed by atoms with Gasteiger partial charge in [-0.25, -0.2) is 9.97 Å².